The van der Waals surface area contributed by atoms with Gasteiger partial charge in [0.25, 0.3) is 11.6 Å². The number of carbonyl (C=O) groups excluding carboxylic acids is 2. The minimum atomic E-state index is -3.83. The van der Waals surface area contributed by atoms with Gasteiger partial charge < -0.3 is 10.2 Å². The second-order valence-corrected chi connectivity index (χ2v) is 8.67. The van der Waals surface area contributed by atoms with E-state index in [2.05, 4.69) is 5.32 Å². The molecule has 2 aromatic rings. The zero-order valence-corrected chi connectivity index (χ0v) is 17.2. The summed E-state index contributed by atoms with van der Waals surface area (Å²) >= 11 is 0. The van der Waals surface area contributed by atoms with Gasteiger partial charge in [-0.15, -0.1) is 0 Å². The fourth-order valence-electron chi connectivity index (χ4n) is 2.80. The zero-order valence-electron chi connectivity index (χ0n) is 16.4. The number of nitrogens with one attached hydrogen (secondary N) is 1. The molecular formula is C19H21N3O6S. The van der Waals surface area contributed by atoms with Crippen molar-refractivity contribution >= 4 is 33.0 Å². The van der Waals surface area contributed by atoms with Crippen molar-refractivity contribution in [3.63, 3.8) is 0 Å². The molecule has 2 rings (SSSR count). The molecule has 2 aromatic carbocycles. The number of likely N-dealkylation sites (N-methyl/N-ethyl adjacent to an activating group) is 1. The van der Waals surface area contributed by atoms with Crippen LogP contribution in [0.25, 0.3) is 0 Å². The van der Waals surface area contributed by atoms with Gasteiger partial charge in [-0.2, -0.15) is 0 Å². The Morgan fingerprint density at radius 2 is 1.72 bits per heavy atom. The molecular weight excluding hydrogens is 398 g/mol. The average Bonchev–Trinajstić information content (AvgIpc) is 2.62. The summed E-state index contributed by atoms with van der Waals surface area (Å²) in [7, 11) is -2.46. The SMILES string of the molecule is Cc1cccc(C)c1NC(=O)CN(C)C(=O)c1ccc(S(C)(=O)=O)c([N+](=O)[O-])c1. The predicted molar refractivity (Wildman–Crippen MR) is 108 cm³/mol. The number of anilines is 1. The van der Waals surface area contributed by atoms with Crippen molar-refractivity contribution in [3.8, 4) is 0 Å². The van der Waals surface area contributed by atoms with Crippen molar-refractivity contribution < 1.29 is 22.9 Å². The van der Waals surface area contributed by atoms with Gasteiger partial charge in [0, 0.05) is 30.6 Å². The molecule has 0 atom stereocenters. The van der Waals surface area contributed by atoms with Gasteiger partial charge in [-0.3, -0.25) is 19.7 Å². The van der Waals surface area contributed by atoms with E-state index >= 15 is 0 Å². The second kappa shape index (κ2) is 8.39. The van der Waals surface area contributed by atoms with Crippen LogP contribution in [0.5, 0.6) is 0 Å². The quantitative estimate of drug-likeness (QED) is 0.565. The van der Waals surface area contributed by atoms with Crippen molar-refractivity contribution in [1.82, 2.24) is 4.90 Å². The maximum absolute atomic E-state index is 12.6. The lowest BCUT2D eigenvalue weighted by molar-refractivity contribution is -0.387. The molecule has 9 nitrogen and oxygen atoms in total. The fourth-order valence-corrected chi connectivity index (χ4v) is 3.63. The topological polar surface area (TPSA) is 127 Å². The highest BCUT2D eigenvalue weighted by atomic mass is 32.2. The maximum atomic E-state index is 12.6. The summed E-state index contributed by atoms with van der Waals surface area (Å²) in [5, 5.41) is 14.0. The van der Waals surface area contributed by atoms with Crippen LogP contribution >= 0.6 is 0 Å². The first-order chi connectivity index (χ1) is 13.4. The molecule has 0 saturated heterocycles. The van der Waals surface area contributed by atoms with E-state index in [4.69, 9.17) is 0 Å². The summed E-state index contributed by atoms with van der Waals surface area (Å²) < 4.78 is 23.4. The Hall–Kier alpha value is -3.27. The molecule has 0 unspecified atom stereocenters. The number of nitro groups is 1. The van der Waals surface area contributed by atoms with Gasteiger partial charge in [-0.05, 0) is 37.1 Å². The number of nitro benzene ring substituents is 1. The van der Waals surface area contributed by atoms with E-state index < -0.39 is 37.2 Å². The number of hydrogen-bond donors (Lipinski definition) is 1. The van der Waals surface area contributed by atoms with E-state index in [0.29, 0.717) is 5.69 Å². The Labute approximate surface area is 168 Å². The zero-order chi connectivity index (χ0) is 21.9. The van der Waals surface area contributed by atoms with Crippen LogP contribution in [0.4, 0.5) is 11.4 Å². The lowest BCUT2D eigenvalue weighted by Gasteiger charge is -2.18. The maximum Gasteiger partial charge on any atom is 0.288 e. The summed E-state index contributed by atoms with van der Waals surface area (Å²) in [6.07, 6.45) is 0.848. The predicted octanol–water partition coefficient (Wildman–Crippen LogP) is 2.33. The second-order valence-electron chi connectivity index (χ2n) is 6.69. The normalized spacial score (nSPS) is 11.0. The molecule has 0 aliphatic carbocycles. The molecule has 1 N–H and O–H groups in total. The molecule has 0 aromatic heterocycles. The van der Waals surface area contributed by atoms with Crippen LogP contribution in [0.15, 0.2) is 41.3 Å². The van der Waals surface area contributed by atoms with E-state index in [9.17, 15) is 28.1 Å². The number of nitrogens with zero attached hydrogens (tertiary/aromatic N) is 2. The average molecular weight is 419 g/mol. The largest absolute Gasteiger partial charge is 0.332 e. The smallest absolute Gasteiger partial charge is 0.288 e. The molecule has 0 radical (unpaired) electrons. The van der Waals surface area contributed by atoms with Gasteiger partial charge in [0.1, 0.15) is 4.90 Å². The van der Waals surface area contributed by atoms with Gasteiger partial charge in [-0.25, -0.2) is 8.42 Å². The van der Waals surface area contributed by atoms with Crippen LogP contribution in [-0.2, 0) is 14.6 Å². The van der Waals surface area contributed by atoms with Gasteiger partial charge in [0.15, 0.2) is 9.84 Å². The molecule has 10 heteroatoms. The summed E-state index contributed by atoms with van der Waals surface area (Å²) in [5.41, 5.74) is 1.63. The van der Waals surface area contributed by atoms with E-state index in [-0.39, 0.29) is 12.1 Å². The van der Waals surface area contributed by atoms with Crippen molar-refractivity contribution in [2.75, 3.05) is 25.2 Å². The van der Waals surface area contributed by atoms with E-state index in [0.717, 1.165) is 34.4 Å². The molecule has 0 heterocycles. The summed E-state index contributed by atoms with van der Waals surface area (Å²) in [4.78, 5) is 35.9. The van der Waals surface area contributed by atoms with Crippen LogP contribution < -0.4 is 5.32 Å². The van der Waals surface area contributed by atoms with Gasteiger partial charge in [0.05, 0.1) is 11.5 Å². The summed E-state index contributed by atoms with van der Waals surface area (Å²) in [5.74, 6) is -1.08. The van der Waals surface area contributed by atoms with E-state index in [1.165, 1.54) is 13.1 Å². The number of rotatable bonds is 6. The highest BCUT2D eigenvalue weighted by Gasteiger charge is 2.25. The summed E-state index contributed by atoms with van der Waals surface area (Å²) in [6, 6.07) is 8.67. The molecule has 0 fully saturated rings. The minimum absolute atomic E-state index is 0.0912. The Kier molecular flexibility index (Phi) is 6.38. The van der Waals surface area contributed by atoms with Crippen LogP contribution in [0.2, 0.25) is 0 Å². The van der Waals surface area contributed by atoms with Gasteiger partial charge >= 0.3 is 0 Å². The molecule has 0 spiro atoms. The van der Waals surface area contributed by atoms with Crippen molar-refractivity contribution in [2.24, 2.45) is 0 Å². The van der Waals surface area contributed by atoms with E-state index in [1.807, 2.05) is 32.0 Å². The Bertz CT molecular complexity index is 1070. The number of hydrogen-bond acceptors (Lipinski definition) is 6. The van der Waals surface area contributed by atoms with Crippen molar-refractivity contribution in [3.05, 3.63) is 63.2 Å². The van der Waals surface area contributed by atoms with Crippen LogP contribution in [0.1, 0.15) is 21.5 Å². The first-order valence-electron chi connectivity index (χ1n) is 8.52. The fraction of sp³-hybridized carbons (Fsp3) is 0.263. The molecule has 0 saturated carbocycles. The van der Waals surface area contributed by atoms with E-state index in [1.54, 1.807) is 0 Å². The number of benzene rings is 2. The Morgan fingerprint density at radius 3 is 2.24 bits per heavy atom. The standard InChI is InChI=1S/C19H21N3O6S/c1-12-6-5-7-13(2)18(12)20-17(23)11-21(3)19(24)14-8-9-16(29(4,27)28)15(10-14)22(25)26/h5-10H,11H2,1-4H3,(H,20,23). The number of aryl methyl sites for hydroxylation is 2. The summed E-state index contributed by atoms with van der Waals surface area (Å²) in [6.45, 7) is 3.41. The molecule has 0 aliphatic heterocycles. The molecule has 29 heavy (non-hydrogen) atoms. The molecule has 0 bridgehead atoms. The Balaban J connectivity index is 2.21. The number of amides is 2. The number of para-hydroxylation sites is 1. The molecule has 2 amide bonds. The first-order valence-corrected chi connectivity index (χ1v) is 10.4. The first kappa shape index (κ1) is 22.0. The monoisotopic (exact) mass is 419 g/mol. The lowest BCUT2D eigenvalue weighted by atomic mass is 10.1. The van der Waals surface area contributed by atoms with Gasteiger partial charge in [0.2, 0.25) is 5.91 Å². The van der Waals surface area contributed by atoms with Crippen molar-refractivity contribution in [1.29, 1.82) is 0 Å². The Morgan fingerprint density at radius 1 is 1.14 bits per heavy atom. The van der Waals surface area contributed by atoms with Crippen LogP contribution in [-0.4, -0.2) is 49.9 Å². The molecule has 154 valence electrons. The number of carbonyl (C=O) groups is 2. The third-order valence-corrected chi connectivity index (χ3v) is 5.42. The third kappa shape index (κ3) is 5.17. The number of sulfone groups is 1. The highest BCUT2D eigenvalue weighted by Crippen LogP contribution is 2.25. The van der Waals surface area contributed by atoms with Crippen LogP contribution in [0, 0.1) is 24.0 Å². The highest BCUT2D eigenvalue weighted by molar-refractivity contribution is 7.90. The van der Waals surface area contributed by atoms with Gasteiger partial charge in [-0.1, -0.05) is 18.2 Å². The van der Waals surface area contributed by atoms with Crippen LogP contribution in [0.3, 0.4) is 0 Å². The molecule has 0 aliphatic rings. The van der Waals surface area contributed by atoms with Crippen molar-refractivity contribution in [2.45, 2.75) is 18.7 Å². The lowest BCUT2D eigenvalue weighted by Crippen LogP contribution is -2.35. The minimum Gasteiger partial charge on any atom is -0.332 e. The third-order valence-electron chi connectivity index (χ3n) is 4.28.